The van der Waals surface area contributed by atoms with Gasteiger partial charge in [-0.2, -0.15) is 0 Å². The molecule has 6 heteroatoms. The molecule has 1 amide bonds. The Morgan fingerprint density at radius 2 is 1.97 bits per heavy atom. The predicted molar refractivity (Wildman–Crippen MR) is 115 cm³/mol. The molecule has 5 nitrogen and oxygen atoms in total. The van der Waals surface area contributed by atoms with Crippen LogP contribution in [-0.4, -0.2) is 39.1 Å². The van der Waals surface area contributed by atoms with Crippen LogP contribution in [0.1, 0.15) is 40.2 Å². The summed E-state index contributed by atoms with van der Waals surface area (Å²) in [7, 11) is 0. The molecular formula is C23H25N3O2S. The van der Waals surface area contributed by atoms with E-state index in [1.807, 2.05) is 48.7 Å². The molecule has 1 aliphatic heterocycles. The Bertz CT molecular complexity index is 929. The normalized spacial score (nSPS) is 24.9. The minimum absolute atomic E-state index is 0.112. The fraction of sp³-hybridized carbons (Fsp3) is 0.304. The van der Waals surface area contributed by atoms with Gasteiger partial charge in [-0.15, -0.1) is 11.3 Å². The highest BCUT2D eigenvalue weighted by molar-refractivity contribution is 7.10. The van der Waals surface area contributed by atoms with Gasteiger partial charge in [0.25, 0.3) is 5.91 Å². The Balaban J connectivity index is 1.66. The Morgan fingerprint density at radius 1 is 1.21 bits per heavy atom. The minimum Gasteiger partial charge on any atom is -0.388 e. The van der Waals surface area contributed by atoms with Crippen LogP contribution in [0, 0.1) is 0 Å². The van der Waals surface area contributed by atoms with Crippen molar-refractivity contribution in [2.24, 2.45) is 0 Å². The first kappa shape index (κ1) is 19.8. The van der Waals surface area contributed by atoms with Gasteiger partial charge in [-0.25, -0.2) is 0 Å². The summed E-state index contributed by atoms with van der Waals surface area (Å²) < 4.78 is 0. The molecule has 2 aromatic heterocycles. The molecule has 0 aliphatic carbocycles. The van der Waals surface area contributed by atoms with Crippen LogP contribution in [0.25, 0.3) is 0 Å². The number of aromatic nitrogens is 1. The van der Waals surface area contributed by atoms with Crippen molar-refractivity contribution in [1.29, 1.82) is 0 Å². The molecule has 1 aromatic carbocycles. The predicted octanol–water partition coefficient (Wildman–Crippen LogP) is 3.64. The zero-order valence-electron chi connectivity index (χ0n) is 16.4. The Morgan fingerprint density at radius 3 is 2.66 bits per heavy atom. The summed E-state index contributed by atoms with van der Waals surface area (Å²) in [6.07, 6.45) is 4.17. The third kappa shape index (κ3) is 4.40. The van der Waals surface area contributed by atoms with Crippen molar-refractivity contribution in [3.8, 4) is 0 Å². The zero-order valence-corrected chi connectivity index (χ0v) is 17.2. The van der Waals surface area contributed by atoms with Crippen molar-refractivity contribution in [2.45, 2.75) is 37.6 Å². The van der Waals surface area contributed by atoms with Crippen LogP contribution in [0.4, 0.5) is 0 Å². The van der Waals surface area contributed by atoms with E-state index in [-0.39, 0.29) is 11.9 Å². The van der Waals surface area contributed by atoms with Crippen LogP contribution in [0.15, 0.2) is 72.4 Å². The Labute approximate surface area is 175 Å². The van der Waals surface area contributed by atoms with Crippen LogP contribution in [-0.2, 0) is 6.54 Å². The highest BCUT2D eigenvalue weighted by atomic mass is 32.1. The number of likely N-dealkylation sites (tertiary alicyclic amines) is 1. The zero-order chi connectivity index (χ0) is 20.3. The summed E-state index contributed by atoms with van der Waals surface area (Å²) >= 11 is 1.65. The average Bonchev–Trinajstić information content (AvgIpc) is 3.26. The standard InChI is InChI=1S/C23H25N3O2S/c1-23(28)11-14-26(16-17-9-12-24-13-10-17)20(19-8-5-15-29-19)21(23)25-22(27)18-6-3-2-4-7-18/h2-10,12-13,15,20-21,28H,11,14,16H2,1H3,(H,25,27)/t20-,21-,23+/m0/s1. The van der Waals surface area contributed by atoms with Gasteiger partial charge in [0.15, 0.2) is 0 Å². The second-order valence-electron chi connectivity index (χ2n) is 7.71. The largest absolute Gasteiger partial charge is 0.388 e. The number of nitrogens with one attached hydrogen (secondary N) is 1. The van der Waals surface area contributed by atoms with Crippen molar-refractivity contribution < 1.29 is 9.90 Å². The van der Waals surface area contributed by atoms with E-state index in [0.29, 0.717) is 12.0 Å². The number of carbonyl (C=O) groups is 1. The van der Waals surface area contributed by atoms with Gasteiger partial charge in [0.05, 0.1) is 17.7 Å². The molecule has 3 atom stereocenters. The molecule has 3 aromatic rings. The van der Waals surface area contributed by atoms with Gasteiger partial charge < -0.3 is 10.4 Å². The van der Waals surface area contributed by atoms with E-state index in [0.717, 1.165) is 23.5 Å². The lowest BCUT2D eigenvalue weighted by Gasteiger charge is -2.48. The minimum atomic E-state index is -1.01. The summed E-state index contributed by atoms with van der Waals surface area (Å²) in [6, 6.07) is 16.8. The van der Waals surface area contributed by atoms with E-state index in [2.05, 4.69) is 21.3 Å². The monoisotopic (exact) mass is 407 g/mol. The smallest absolute Gasteiger partial charge is 0.251 e. The molecule has 0 saturated carbocycles. The van der Waals surface area contributed by atoms with Crippen LogP contribution < -0.4 is 5.32 Å². The van der Waals surface area contributed by atoms with E-state index < -0.39 is 11.6 Å². The lowest BCUT2D eigenvalue weighted by Crippen LogP contribution is -2.62. The van der Waals surface area contributed by atoms with Gasteiger partial charge in [-0.3, -0.25) is 14.7 Å². The average molecular weight is 408 g/mol. The van der Waals surface area contributed by atoms with Crippen molar-refractivity contribution >= 4 is 17.2 Å². The second-order valence-corrected chi connectivity index (χ2v) is 8.69. The van der Waals surface area contributed by atoms with Crippen LogP contribution >= 0.6 is 11.3 Å². The quantitative estimate of drug-likeness (QED) is 0.678. The Hall–Kier alpha value is -2.54. The van der Waals surface area contributed by atoms with Crippen molar-refractivity contribution in [2.75, 3.05) is 6.54 Å². The van der Waals surface area contributed by atoms with E-state index >= 15 is 0 Å². The number of piperidine rings is 1. The van der Waals surface area contributed by atoms with Gasteiger partial charge in [0, 0.05) is 35.9 Å². The van der Waals surface area contributed by atoms with Crippen molar-refractivity contribution in [3.63, 3.8) is 0 Å². The van der Waals surface area contributed by atoms with E-state index in [9.17, 15) is 9.90 Å². The van der Waals surface area contributed by atoms with Gasteiger partial charge in [0.1, 0.15) is 0 Å². The molecule has 2 N–H and O–H groups in total. The molecule has 1 fully saturated rings. The number of benzene rings is 1. The lowest BCUT2D eigenvalue weighted by atomic mass is 9.81. The van der Waals surface area contributed by atoms with Crippen molar-refractivity contribution in [3.05, 3.63) is 88.4 Å². The summed E-state index contributed by atoms with van der Waals surface area (Å²) in [4.78, 5) is 20.5. The summed E-state index contributed by atoms with van der Waals surface area (Å²) in [5.41, 5.74) is 0.754. The van der Waals surface area contributed by atoms with Crippen LogP contribution in [0.3, 0.4) is 0 Å². The van der Waals surface area contributed by atoms with E-state index in [1.165, 1.54) is 0 Å². The van der Waals surface area contributed by atoms with Gasteiger partial charge in [0.2, 0.25) is 0 Å². The number of aliphatic hydroxyl groups is 1. The molecule has 0 radical (unpaired) electrons. The van der Waals surface area contributed by atoms with Gasteiger partial charge >= 0.3 is 0 Å². The molecule has 29 heavy (non-hydrogen) atoms. The summed E-state index contributed by atoms with van der Waals surface area (Å²) in [5.74, 6) is -0.164. The maximum Gasteiger partial charge on any atom is 0.251 e. The Kier molecular flexibility index (Phi) is 5.76. The molecule has 1 aliphatic rings. The number of nitrogens with zero attached hydrogens (tertiary/aromatic N) is 2. The van der Waals surface area contributed by atoms with Crippen LogP contribution in [0.2, 0.25) is 0 Å². The molecule has 150 valence electrons. The highest BCUT2D eigenvalue weighted by Crippen LogP contribution is 2.39. The number of hydrogen-bond acceptors (Lipinski definition) is 5. The molecule has 3 heterocycles. The molecule has 0 unspecified atom stereocenters. The topological polar surface area (TPSA) is 65.5 Å². The third-order valence-corrected chi connectivity index (χ3v) is 6.52. The van der Waals surface area contributed by atoms with Crippen molar-refractivity contribution in [1.82, 2.24) is 15.2 Å². The first-order valence-corrected chi connectivity index (χ1v) is 10.7. The van der Waals surface area contributed by atoms with Crippen LogP contribution in [0.5, 0.6) is 0 Å². The number of amides is 1. The summed E-state index contributed by atoms with van der Waals surface area (Å²) in [5, 5.41) is 16.4. The summed E-state index contributed by atoms with van der Waals surface area (Å²) in [6.45, 7) is 3.31. The fourth-order valence-corrected chi connectivity index (χ4v) is 4.86. The molecule has 1 saturated heterocycles. The highest BCUT2D eigenvalue weighted by Gasteiger charge is 2.46. The first-order chi connectivity index (χ1) is 14.0. The van der Waals surface area contributed by atoms with Gasteiger partial charge in [-0.1, -0.05) is 24.3 Å². The number of rotatable bonds is 5. The number of thiophene rings is 1. The van der Waals surface area contributed by atoms with Gasteiger partial charge in [-0.05, 0) is 54.6 Å². The SMILES string of the molecule is C[C@@]1(O)CCN(Cc2ccncc2)[C@@H](c2cccs2)[C@@H]1NC(=O)c1ccccc1. The molecule has 0 spiro atoms. The lowest BCUT2D eigenvalue weighted by molar-refractivity contribution is -0.0656. The number of carbonyl (C=O) groups excluding carboxylic acids is 1. The number of hydrogen-bond donors (Lipinski definition) is 2. The number of pyridine rings is 1. The third-order valence-electron chi connectivity index (χ3n) is 5.58. The second kappa shape index (κ2) is 8.45. The molecule has 0 bridgehead atoms. The maximum atomic E-state index is 12.9. The maximum absolute atomic E-state index is 12.9. The van der Waals surface area contributed by atoms with E-state index in [1.54, 1.807) is 35.9 Å². The molecule has 4 rings (SSSR count). The van der Waals surface area contributed by atoms with E-state index in [4.69, 9.17) is 0 Å². The fourth-order valence-electron chi connectivity index (χ4n) is 3.97. The first-order valence-electron chi connectivity index (χ1n) is 9.79. The molecular weight excluding hydrogens is 382 g/mol.